The fraction of sp³-hybridized carbons (Fsp3) is 0. The van der Waals surface area contributed by atoms with Crippen LogP contribution in [0.15, 0.2) is 114 Å². The lowest BCUT2D eigenvalue weighted by Crippen LogP contribution is -1.90. The van der Waals surface area contributed by atoms with Gasteiger partial charge in [0.15, 0.2) is 0 Å². The van der Waals surface area contributed by atoms with E-state index in [-0.39, 0.29) is 0 Å². The summed E-state index contributed by atoms with van der Waals surface area (Å²) in [5, 5.41) is 8.50. The van der Waals surface area contributed by atoms with Gasteiger partial charge in [-0.05, 0) is 59.7 Å². The molecule has 0 unspecified atom stereocenters. The van der Waals surface area contributed by atoms with Gasteiger partial charge < -0.3 is 9.73 Å². The van der Waals surface area contributed by atoms with Gasteiger partial charge in [0.05, 0.1) is 11.1 Å². The van der Waals surface area contributed by atoms with Crippen molar-refractivity contribution in [2.75, 3.05) is 5.32 Å². The number of furan rings is 1. The van der Waals surface area contributed by atoms with Crippen molar-refractivity contribution in [3.05, 3.63) is 109 Å². The number of nitrogens with one attached hydrogen (secondary N) is 1. The number of benzene rings is 5. The van der Waals surface area contributed by atoms with Crippen molar-refractivity contribution in [2.24, 2.45) is 0 Å². The van der Waals surface area contributed by atoms with Gasteiger partial charge in [-0.3, -0.25) is 0 Å². The van der Waals surface area contributed by atoms with Gasteiger partial charge in [0.2, 0.25) is 0 Å². The average Bonchev–Trinajstić information content (AvgIpc) is 3.43. The number of thiophene rings is 1. The first-order valence-electron chi connectivity index (χ1n) is 11.0. The highest BCUT2D eigenvalue weighted by Gasteiger charge is 2.11. The van der Waals surface area contributed by atoms with Crippen LogP contribution >= 0.6 is 11.3 Å². The molecule has 0 aliphatic rings. The van der Waals surface area contributed by atoms with E-state index in [1.54, 1.807) is 0 Å². The number of rotatable bonds is 3. The van der Waals surface area contributed by atoms with Gasteiger partial charge in [-0.25, -0.2) is 0 Å². The minimum Gasteiger partial charge on any atom is -0.456 e. The SMILES string of the molecule is c1ccc2c(c1)oc1cccc(Nc3ccc(-c4ccc5sc6ccccc6c5c4)cc3)c12. The molecule has 0 spiro atoms. The Hall–Kier alpha value is -4.08. The lowest BCUT2D eigenvalue weighted by molar-refractivity contribution is 0.669. The molecule has 7 aromatic rings. The standard InChI is InChI=1S/C30H19NOS/c1-3-9-26-23(7-1)30-25(8-5-10-27(30)32-26)31-21-15-12-19(13-16-21)20-14-17-29-24(18-20)22-6-2-4-11-28(22)33-29/h1-18,31H. The third kappa shape index (κ3) is 3.01. The molecule has 2 aromatic heterocycles. The lowest BCUT2D eigenvalue weighted by atomic mass is 10.0. The summed E-state index contributed by atoms with van der Waals surface area (Å²) >= 11 is 1.85. The Morgan fingerprint density at radius 2 is 1.27 bits per heavy atom. The summed E-state index contributed by atoms with van der Waals surface area (Å²) in [4.78, 5) is 0. The fourth-order valence-corrected chi connectivity index (χ4v) is 5.77. The Morgan fingerprint density at radius 1 is 0.545 bits per heavy atom. The van der Waals surface area contributed by atoms with E-state index in [9.17, 15) is 0 Å². The number of fused-ring (bicyclic) bond motifs is 6. The van der Waals surface area contributed by atoms with E-state index < -0.39 is 0 Å². The first-order chi connectivity index (χ1) is 16.3. The molecule has 3 heteroatoms. The first-order valence-corrected chi connectivity index (χ1v) is 11.8. The summed E-state index contributed by atoms with van der Waals surface area (Å²) in [6.45, 7) is 0. The molecule has 0 aliphatic carbocycles. The molecule has 1 N–H and O–H groups in total. The van der Waals surface area contributed by atoms with Crippen LogP contribution < -0.4 is 5.32 Å². The normalized spacial score (nSPS) is 11.6. The quantitative estimate of drug-likeness (QED) is 0.295. The van der Waals surface area contributed by atoms with Crippen molar-refractivity contribution >= 4 is 64.8 Å². The van der Waals surface area contributed by atoms with Crippen molar-refractivity contribution in [3.63, 3.8) is 0 Å². The van der Waals surface area contributed by atoms with Gasteiger partial charge in [-0.15, -0.1) is 11.3 Å². The van der Waals surface area contributed by atoms with E-state index in [1.165, 1.54) is 31.3 Å². The van der Waals surface area contributed by atoms with Gasteiger partial charge in [0.1, 0.15) is 11.2 Å². The summed E-state index contributed by atoms with van der Waals surface area (Å²) in [6, 6.07) is 38.4. The number of para-hydroxylation sites is 1. The van der Waals surface area contributed by atoms with Crippen molar-refractivity contribution < 1.29 is 4.42 Å². The van der Waals surface area contributed by atoms with E-state index >= 15 is 0 Å². The van der Waals surface area contributed by atoms with Crippen molar-refractivity contribution in [2.45, 2.75) is 0 Å². The summed E-state index contributed by atoms with van der Waals surface area (Å²) in [5.41, 5.74) is 6.36. The first kappa shape index (κ1) is 18.5. The van der Waals surface area contributed by atoms with E-state index in [1.807, 2.05) is 35.6 Å². The van der Waals surface area contributed by atoms with Crippen molar-refractivity contribution in [1.82, 2.24) is 0 Å². The fourth-order valence-electron chi connectivity index (χ4n) is 4.69. The Balaban J connectivity index is 1.25. The highest BCUT2D eigenvalue weighted by atomic mass is 32.1. The molecule has 2 nitrogen and oxygen atoms in total. The minimum atomic E-state index is 0.897. The van der Waals surface area contributed by atoms with Gasteiger partial charge in [-0.1, -0.05) is 60.7 Å². The smallest absolute Gasteiger partial charge is 0.137 e. The van der Waals surface area contributed by atoms with Gasteiger partial charge in [0, 0.05) is 31.2 Å². The molecule has 0 saturated heterocycles. The van der Waals surface area contributed by atoms with E-state index in [2.05, 4.69) is 90.2 Å². The third-order valence-electron chi connectivity index (χ3n) is 6.28. The van der Waals surface area contributed by atoms with Crippen LogP contribution in [-0.2, 0) is 0 Å². The van der Waals surface area contributed by atoms with Gasteiger partial charge >= 0.3 is 0 Å². The third-order valence-corrected chi connectivity index (χ3v) is 7.43. The van der Waals surface area contributed by atoms with Crippen LogP contribution in [0.4, 0.5) is 11.4 Å². The highest BCUT2D eigenvalue weighted by molar-refractivity contribution is 7.25. The zero-order valence-corrected chi connectivity index (χ0v) is 18.5. The summed E-state index contributed by atoms with van der Waals surface area (Å²) < 4.78 is 8.70. The second kappa shape index (κ2) is 7.22. The van der Waals surface area contributed by atoms with E-state index in [4.69, 9.17) is 4.42 Å². The van der Waals surface area contributed by atoms with Gasteiger partial charge in [-0.2, -0.15) is 0 Å². The average molecular weight is 442 g/mol. The molecule has 5 aromatic carbocycles. The van der Waals surface area contributed by atoms with Crippen LogP contribution in [0.25, 0.3) is 53.2 Å². The van der Waals surface area contributed by atoms with Crippen LogP contribution in [0, 0.1) is 0 Å². The molecular weight excluding hydrogens is 422 g/mol. The molecule has 0 fully saturated rings. The molecule has 0 bridgehead atoms. The lowest BCUT2D eigenvalue weighted by Gasteiger charge is -2.09. The summed E-state index contributed by atoms with van der Waals surface area (Å²) in [7, 11) is 0. The summed E-state index contributed by atoms with van der Waals surface area (Å²) in [5.74, 6) is 0. The highest BCUT2D eigenvalue weighted by Crippen LogP contribution is 2.38. The Morgan fingerprint density at radius 3 is 2.18 bits per heavy atom. The van der Waals surface area contributed by atoms with Crippen molar-refractivity contribution in [3.8, 4) is 11.1 Å². The monoisotopic (exact) mass is 441 g/mol. The van der Waals surface area contributed by atoms with E-state index in [0.29, 0.717) is 0 Å². The summed E-state index contributed by atoms with van der Waals surface area (Å²) in [6.07, 6.45) is 0. The number of anilines is 2. The maximum atomic E-state index is 6.03. The molecular formula is C30H19NOS. The largest absolute Gasteiger partial charge is 0.456 e. The topological polar surface area (TPSA) is 25.2 Å². The Labute approximate surface area is 194 Å². The second-order valence-corrected chi connectivity index (χ2v) is 9.37. The molecule has 0 aliphatic heterocycles. The number of hydrogen-bond donors (Lipinski definition) is 1. The Bertz CT molecular complexity index is 1790. The molecule has 33 heavy (non-hydrogen) atoms. The van der Waals surface area contributed by atoms with Gasteiger partial charge in [0.25, 0.3) is 0 Å². The maximum absolute atomic E-state index is 6.03. The van der Waals surface area contributed by atoms with E-state index in [0.717, 1.165) is 33.3 Å². The van der Waals surface area contributed by atoms with Crippen LogP contribution in [-0.4, -0.2) is 0 Å². The van der Waals surface area contributed by atoms with Crippen LogP contribution in [0.1, 0.15) is 0 Å². The minimum absolute atomic E-state index is 0.897. The molecule has 0 amide bonds. The predicted octanol–water partition coefficient (Wildman–Crippen LogP) is 9.36. The van der Waals surface area contributed by atoms with Crippen LogP contribution in [0.2, 0.25) is 0 Å². The molecule has 0 radical (unpaired) electrons. The second-order valence-electron chi connectivity index (χ2n) is 8.29. The molecule has 0 atom stereocenters. The molecule has 156 valence electrons. The van der Waals surface area contributed by atoms with Crippen LogP contribution in [0.3, 0.4) is 0 Å². The molecule has 7 rings (SSSR count). The van der Waals surface area contributed by atoms with Crippen molar-refractivity contribution in [1.29, 1.82) is 0 Å². The zero-order chi connectivity index (χ0) is 21.8. The number of hydrogen-bond acceptors (Lipinski definition) is 3. The molecule has 0 saturated carbocycles. The Kier molecular flexibility index (Phi) is 4.05. The van der Waals surface area contributed by atoms with Crippen LogP contribution in [0.5, 0.6) is 0 Å². The molecule has 2 heterocycles. The maximum Gasteiger partial charge on any atom is 0.137 e. The predicted molar refractivity (Wildman–Crippen MR) is 142 cm³/mol. The zero-order valence-electron chi connectivity index (χ0n) is 17.7.